The van der Waals surface area contributed by atoms with Gasteiger partial charge in [-0.25, -0.2) is 4.99 Å². The average molecular weight is 382 g/mol. The summed E-state index contributed by atoms with van der Waals surface area (Å²) >= 11 is 5.96. The van der Waals surface area contributed by atoms with Crippen molar-refractivity contribution in [3.05, 3.63) is 34.3 Å². The molecule has 3 nitrogen and oxygen atoms in total. The lowest BCUT2D eigenvalue weighted by Crippen LogP contribution is -2.44. The Morgan fingerprint density at radius 1 is 1.39 bits per heavy atom. The summed E-state index contributed by atoms with van der Waals surface area (Å²) in [6.45, 7) is 8.67. The minimum absolute atomic E-state index is 0. The summed E-state index contributed by atoms with van der Waals surface area (Å²) in [6.07, 6.45) is 0. The number of halogens is 2. The maximum atomic E-state index is 5.96. The molecule has 3 N–H and O–H groups in total. The summed E-state index contributed by atoms with van der Waals surface area (Å²) in [5.41, 5.74) is 7.88. The normalized spacial score (nSPS) is 11.9. The molecule has 0 heterocycles. The van der Waals surface area contributed by atoms with E-state index in [-0.39, 0.29) is 29.5 Å². The van der Waals surface area contributed by atoms with Gasteiger partial charge in [0.25, 0.3) is 0 Å². The molecule has 0 amide bonds. The van der Waals surface area contributed by atoms with Gasteiger partial charge in [-0.3, -0.25) is 0 Å². The van der Waals surface area contributed by atoms with Gasteiger partial charge in [-0.15, -0.1) is 24.0 Å². The molecule has 0 saturated carbocycles. The highest BCUT2D eigenvalue weighted by atomic mass is 127. The third kappa shape index (κ3) is 6.44. The minimum atomic E-state index is -0.0660. The van der Waals surface area contributed by atoms with Gasteiger partial charge in [0, 0.05) is 10.6 Å². The van der Waals surface area contributed by atoms with Gasteiger partial charge >= 0.3 is 0 Å². The molecule has 0 fully saturated rings. The monoisotopic (exact) mass is 381 g/mol. The van der Waals surface area contributed by atoms with Gasteiger partial charge in [0.05, 0.1) is 6.54 Å². The highest BCUT2D eigenvalue weighted by Gasteiger charge is 2.09. The second-order valence-corrected chi connectivity index (χ2v) is 5.57. The molecule has 0 spiro atoms. The molecule has 0 unspecified atom stereocenters. The van der Waals surface area contributed by atoms with Crippen LogP contribution in [0.1, 0.15) is 31.9 Å². The van der Waals surface area contributed by atoms with Gasteiger partial charge in [-0.05, 0) is 44.9 Å². The van der Waals surface area contributed by atoms with E-state index in [2.05, 4.69) is 10.3 Å². The van der Waals surface area contributed by atoms with E-state index in [1.54, 1.807) is 0 Å². The number of aliphatic imine (C=N–C) groups is 1. The molecule has 5 heteroatoms. The van der Waals surface area contributed by atoms with E-state index in [1.807, 2.05) is 45.9 Å². The molecule has 1 aromatic carbocycles. The molecule has 18 heavy (non-hydrogen) atoms. The zero-order valence-electron chi connectivity index (χ0n) is 11.2. The standard InChI is InChI=1S/C13H20ClN3.HI/c1-9-7-10(5-6-11(9)14)8-16-12(15)17-13(2,3)4;/h5-7H,8H2,1-4H3,(H3,15,16,17);1H. The Kier molecular flexibility index (Phi) is 6.99. The summed E-state index contributed by atoms with van der Waals surface area (Å²) in [7, 11) is 0. The van der Waals surface area contributed by atoms with Crippen LogP contribution < -0.4 is 11.1 Å². The molecule has 0 saturated heterocycles. The zero-order valence-corrected chi connectivity index (χ0v) is 14.3. The van der Waals surface area contributed by atoms with Crippen molar-refractivity contribution in [1.82, 2.24) is 5.32 Å². The molecule has 0 aliphatic carbocycles. The summed E-state index contributed by atoms with van der Waals surface area (Å²) in [6, 6.07) is 5.87. The topological polar surface area (TPSA) is 50.4 Å². The van der Waals surface area contributed by atoms with Crippen molar-refractivity contribution in [2.24, 2.45) is 10.7 Å². The molecule has 0 radical (unpaired) electrons. The zero-order chi connectivity index (χ0) is 13.1. The number of guanidine groups is 1. The van der Waals surface area contributed by atoms with E-state index in [1.165, 1.54) is 0 Å². The molecule has 102 valence electrons. The van der Waals surface area contributed by atoms with Crippen molar-refractivity contribution in [2.75, 3.05) is 0 Å². The Hall–Kier alpha value is -0.490. The highest BCUT2D eigenvalue weighted by molar-refractivity contribution is 14.0. The summed E-state index contributed by atoms with van der Waals surface area (Å²) < 4.78 is 0. The van der Waals surface area contributed by atoms with Crippen molar-refractivity contribution < 1.29 is 0 Å². The van der Waals surface area contributed by atoms with Crippen molar-refractivity contribution >= 4 is 41.5 Å². The Morgan fingerprint density at radius 3 is 2.50 bits per heavy atom. The van der Waals surface area contributed by atoms with E-state index in [4.69, 9.17) is 17.3 Å². The SMILES string of the molecule is Cc1cc(CN=C(N)NC(C)(C)C)ccc1Cl.I. The van der Waals surface area contributed by atoms with Gasteiger partial charge in [-0.1, -0.05) is 23.7 Å². The predicted molar refractivity (Wildman–Crippen MR) is 89.8 cm³/mol. The van der Waals surface area contributed by atoms with E-state index < -0.39 is 0 Å². The van der Waals surface area contributed by atoms with Crippen LogP contribution in [0.25, 0.3) is 0 Å². The molecule has 0 aliphatic heterocycles. The fraction of sp³-hybridized carbons (Fsp3) is 0.462. The van der Waals surface area contributed by atoms with Gasteiger partial charge in [0.1, 0.15) is 0 Å². The van der Waals surface area contributed by atoms with Crippen LogP contribution in [0.5, 0.6) is 0 Å². The molecule has 0 aliphatic rings. The number of hydrogen-bond donors (Lipinski definition) is 2. The maximum absolute atomic E-state index is 5.96. The molecule has 1 aromatic rings. The third-order valence-electron chi connectivity index (χ3n) is 2.16. The molecule has 0 aromatic heterocycles. The lowest BCUT2D eigenvalue weighted by molar-refractivity contribution is 0.508. The first kappa shape index (κ1) is 17.5. The van der Waals surface area contributed by atoms with E-state index >= 15 is 0 Å². The van der Waals surface area contributed by atoms with Gasteiger partial charge in [0.15, 0.2) is 5.96 Å². The average Bonchev–Trinajstić information content (AvgIpc) is 2.17. The van der Waals surface area contributed by atoms with Crippen LogP contribution in [-0.2, 0) is 6.54 Å². The predicted octanol–water partition coefficient (Wildman–Crippen LogP) is 3.47. The molecule has 0 atom stereocenters. The van der Waals surface area contributed by atoms with Crippen LogP contribution in [0, 0.1) is 6.92 Å². The number of rotatable bonds is 2. The van der Waals surface area contributed by atoms with Crippen LogP contribution in [-0.4, -0.2) is 11.5 Å². The summed E-state index contributed by atoms with van der Waals surface area (Å²) in [5.74, 6) is 0.463. The Labute approximate surface area is 131 Å². The van der Waals surface area contributed by atoms with Crippen molar-refractivity contribution in [1.29, 1.82) is 0 Å². The van der Waals surface area contributed by atoms with Gasteiger partial charge in [0.2, 0.25) is 0 Å². The Morgan fingerprint density at radius 2 is 2.00 bits per heavy atom. The fourth-order valence-electron chi connectivity index (χ4n) is 1.41. The highest BCUT2D eigenvalue weighted by Crippen LogP contribution is 2.16. The molecule has 1 rings (SSSR count). The summed E-state index contributed by atoms with van der Waals surface area (Å²) in [4.78, 5) is 4.29. The molecular formula is C13H21ClIN3. The second-order valence-electron chi connectivity index (χ2n) is 5.16. The number of nitrogens with one attached hydrogen (secondary N) is 1. The van der Waals surface area contributed by atoms with Crippen molar-refractivity contribution in [3.63, 3.8) is 0 Å². The lowest BCUT2D eigenvalue weighted by atomic mass is 10.1. The van der Waals surface area contributed by atoms with Crippen LogP contribution in [0.4, 0.5) is 0 Å². The fourth-order valence-corrected chi connectivity index (χ4v) is 1.52. The first-order valence-corrected chi connectivity index (χ1v) is 5.99. The smallest absolute Gasteiger partial charge is 0.189 e. The van der Waals surface area contributed by atoms with E-state index in [0.717, 1.165) is 16.1 Å². The van der Waals surface area contributed by atoms with Crippen molar-refractivity contribution in [3.8, 4) is 0 Å². The number of nitrogens with two attached hydrogens (primary N) is 1. The minimum Gasteiger partial charge on any atom is -0.370 e. The Balaban J connectivity index is 0.00000289. The maximum Gasteiger partial charge on any atom is 0.189 e. The first-order valence-electron chi connectivity index (χ1n) is 5.61. The molecule has 0 bridgehead atoms. The third-order valence-corrected chi connectivity index (χ3v) is 2.58. The van der Waals surface area contributed by atoms with Crippen LogP contribution in [0.2, 0.25) is 5.02 Å². The van der Waals surface area contributed by atoms with E-state index in [0.29, 0.717) is 12.5 Å². The molecular weight excluding hydrogens is 361 g/mol. The first-order chi connectivity index (χ1) is 7.78. The van der Waals surface area contributed by atoms with Gasteiger partial charge in [-0.2, -0.15) is 0 Å². The Bertz CT molecular complexity index is 425. The van der Waals surface area contributed by atoms with Crippen LogP contribution in [0.3, 0.4) is 0 Å². The number of hydrogen-bond acceptors (Lipinski definition) is 1. The lowest BCUT2D eigenvalue weighted by Gasteiger charge is -2.21. The summed E-state index contributed by atoms with van der Waals surface area (Å²) in [5, 5.41) is 3.89. The number of aryl methyl sites for hydroxylation is 1. The largest absolute Gasteiger partial charge is 0.370 e. The van der Waals surface area contributed by atoms with Crippen LogP contribution >= 0.6 is 35.6 Å². The van der Waals surface area contributed by atoms with Gasteiger partial charge < -0.3 is 11.1 Å². The quantitative estimate of drug-likeness (QED) is 0.468. The van der Waals surface area contributed by atoms with Crippen LogP contribution in [0.15, 0.2) is 23.2 Å². The number of nitrogens with zero attached hydrogens (tertiary/aromatic N) is 1. The number of benzene rings is 1. The van der Waals surface area contributed by atoms with Crippen molar-refractivity contribution in [2.45, 2.75) is 39.8 Å². The second kappa shape index (κ2) is 7.19. The van der Waals surface area contributed by atoms with E-state index in [9.17, 15) is 0 Å².